The third-order valence-electron chi connectivity index (χ3n) is 2.50. The summed E-state index contributed by atoms with van der Waals surface area (Å²) in [5, 5.41) is 7.86. The Bertz CT molecular complexity index is 312. The average Bonchev–Trinajstić information content (AvgIpc) is 2.31. The smallest absolute Gasteiger partial charge is 0.152 e. The van der Waals surface area contributed by atoms with Gasteiger partial charge in [0.15, 0.2) is 5.82 Å². The van der Waals surface area contributed by atoms with E-state index in [0.717, 1.165) is 25.1 Å². The first-order chi connectivity index (χ1) is 7.40. The minimum Gasteiger partial charge on any atom is -0.372 e. The maximum atomic E-state index is 5.64. The van der Waals surface area contributed by atoms with E-state index in [2.05, 4.69) is 15.2 Å². The second-order valence-corrected chi connectivity index (χ2v) is 3.69. The van der Waals surface area contributed by atoms with Gasteiger partial charge in [-0.15, -0.1) is 5.10 Å². The zero-order valence-corrected chi connectivity index (χ0v) is 8.72. The molecule has 15 heavy (non-hydrogen) atoms. The van der Waals surface area contributed by atoms with Crippen molar-refractivity contribution in [3.8, 4) is 0 Å². The van der Waals surface area contributed by atoms with Crippen molar-refractivity contribution in [1.29, 1.82) is 0 Å². The summed E-state index contributed by atoms with van der Waals surface area (Å²) in [6, 6.07) is 0. The van der Waals surface area contributed by atoms with Gasteiger partial charge < -0.3 is 10.5 Å². The highest BCUT2D eigenvalue weighted by atomic mass is 16.5. The number of rotatable bonds is 3. The molecule has 1 aromatic heterocycles. The van der Waals surface area contributed by atoms with Gasteiger partial charge in [0, 0.05) is 13.0 Å². The Balaban J connectivity index is 2.09. The van der Waals surface area contributed by atoms with E-state index in [1.165, 1.54) is 6.42 Å². The molecule has 1 fully saturated rings. The summed E-state index contributed by atoms with van der Waals surface area (Å²) in [7, 11) is 0. The fraction of sp³-hybridized carbons (Fsp3) is 0.700. The molecule has 5 heteroatoms. The van der Waals surface area contributed by atoms with Crippen LogP contribution in [0.2, 0.25) is 0 Å². The SMILES string of the molecule is NCCc1nncc(C2CCCCO2)n1. The van der Waals surface area contributed by atoms with Crippen molar-refractivity contribution in [3.05, 3.63) is 17.7 Å². The number of hydrogen-bond acceptors (Lipinski definition) is 5. The molecule has 1 saturated heterocycles. The molecule has 1 atom stereocenters. The van der Waals surface area contributed by atoms with Gasteiger partial charge in [0.05, 0.1) is 11.9 Å². The highest BCUT2D eigenvalue weighted by Gasteiger charge is 2.18. The molecule has 2 rings (SSSR count). The van der Waals surface area contributed by atoms with Gasteiger partial charge in [-0.3, -0.25) is 0 Å². The molecule has 0 aromatic carbocycles. The van der Waals surface area contributed by atoms with Crippen molar-refractivity contribution in [2.24, 2.45) is 5.73 Å². The van der Waals surface area contributed by atoms with Crippen LogP contribution >= 0.6 is 0 Å². The fourth-order valence-corrected chi connectivity index (χ4v) is 1.72. The molecule has 0 radical (unpaired) electrons. The van der Waals surface area contributed by atoms with Crippen molar-refractivity contribution in [2.45, 2.75) is 31.8 Å². The van der Waals surface area contributed by atoms with Gasteiger partial charge >= 0.3 is 0 Å². The van der Waals surface area contributed by atoms with E-state index >= 15 is 0 Å². The molecule has 2 N–H and O–H groups in total. The largest absolute Gasteiger partial charge is 0.372 e. The van der Waals surface area contributed by atoms with Crippen LogP contribution in [-0.2, 0) is 11.2 Å². The summed E-state index contributed by atoms with van der Waals surface area (Å²) in [4.78, 5) is 4.41. The first-order valence-electron chi connectivity index (χ1n) is 5.40. The van der Waals surface area contributed by atoms with Gasteiger partial charge in [-0.2, -0.15) is 5.10 Å². The predicted molar refractivity (Wildman–Crippen MR) is 55.1 cm³/mol. The lowest BCUT2D eigenvalue weighted by Crippen LogP contribution is -2.15. The summed E-state index contributed by atoms with van der Waals surface area (Å²) in [5.74, 6) is 0.712. The van der Waals surface area contributed by atoms with Gasteiger partial charge in [0.25, 0.3) is 0 Å². The lowest BCUT2D eigenvalue weighted by molar-refractivity contribution is 0.0118. The molecular weight excluding hydrogens is 192 g/mol. The zero-order valence-electron chi connectivity index (χ0n) is 8.72. The second-order valence-electron chi connectivity index (χ2n) is 3.69. The summed E-state index contributed by atoms with van der Waals surface area (Å²) < 4.78 is 5.64. The van der Waals surface area contributed by atoms with Crippen LogP contribution in [0.1, 0.15) is 36.9 Å². The minimum atomic E-state index is 0.103. The standard InChI is InChI=1S/C10H16N4O/c11-5-4-10-13-8(7-12-14-10)9-3-1-2-6-15-9/h7,9H,1-6,11H2. The van der Waals surface area contributed by atoms with E-state index in [1.54, 1.807) is 6.20 Å². The molecule has 1 aliphatic rings. The van der Waals surface area contributed by atoms with Crippen LogP contribution in [0.25, 0.3) is 0 Å². The molecule has 0 amide bonds. The lowest BCUT2D eigenvalue weighted by Gasteiger charge is -2.21. The van der Waals surface area contributed by atoms with E-state index in [-0.39, 0.29) is 6.10 Å². The normalized spacial score (nSPS) is 21.5. The zero-order chi connectivity index (χ0) is 10.5. The van der Waals surface area contributed by atoms with Crippen molar-refractivity contribution in [2.75, 3.05) is 13.2 Å². The second kappa shape index (κ2) is 5.14. The average molecular weight is 208 g/mol. The Hall–Kier alpha value is -1.07. The summed E-state index contributed by atoms with van der Waals surface area (Å²) in [6.07, 6.45) is 5.83. The maximum absolute atomic E-state index is 5.64. The van der Waals surface area contributed by atoms with Gasteiger partial charge in [-0.25, -0.2) is 4.98 Å². The van der Waals surface area contributed by atoms with Gasteiger partial charge in [0.1, 0.15) is 6.10 Å². The third kappa shape index (κ3) is 2.70. The number of hydrogen-bond donors (Lipinski definition) is 1. The minimum absolute atomic E-state index is 0.103. The topological polar surface area (TPSA) is 73.9 Å². The molecule has 0 bridgehead atoms. The van der Waals surface area contributed by atoms with E-state index in [9.17, 15) is 0 Å². The van der Waals surface area contributed by atoms with E-state index < -0.39 is 0 Å². The fourth-order valence-electron chi connectivity index (χ4n) is 1.72. The Morgan fingerprint density at radius 1 is 1.47 bits per heavy atom. The highest BCUT2D eigenvalue weighted by Crippen LogP contribution is 2.25. The Labute approximate surface area is 89.1 Å². The molecule has 0 aliphatic carbocycles. The van der Waals surface area contributed by atoms with Crippen LogP contribution < -0.4 is 5.73 Å². The molecule has 82 valence electrons. The Kier molecular flexibility index (Phi) is 3.58. The quantitative estimate of drug-likeness (QED) is 0.788. The summed E-state index contributed by atoms with van der Waals surface area (Å²) in [6.45, 7) is 1.37. The van der Waals surface area contributed by atoms with Gasteiger partial charge in [-0.05, 0) is 25.8 Å². The van der Waals surface area contributed by atoms with Crippen LogP contribution in [0.5, 0.6) is 0 Å². The van der Waals surface area contributed by atoms with E-state index in [0.29, 0.717) is 18.8 Å². The van der Waals surface area contributed by atoms with Crippen molar-refractivity contribution in [3.63, 3.8) is 0 Å². The molecule has 0 saturated carbocycles. The Morgan fingerprint density at radius 3 is 3.13 bits per heavy atom. The van der Waals surface area contributed by atoms with E-state index in [4.69, 9.17) is 10.5 Å². The molecule has 0 spiro atoms. The third-order valence-corrected chi connectivity index (χ3v) is 2.50. The first-order valence-corrected chi connectivity index (χ1v) is 5.40. The number of nitrogens with zero attached hydrogens (tertiary/aromatic N) is 3. The summed E-state index contributed by atoms with van der Waals surface area (Å²) >= 11 is 0. The van der Waals surface area contributed by atoms with Crippen LogP contribution in [-0.4, -0.2) is 28.3 Å². The van der Waals surface area contributed by atoms with Crippen LogP contribution in [0.15, 0.2) is 6.20 Å². The van der Waals surface area contributed by atoms with Crippen molar-refractivity contribution >= 4 is 0 Å². The lowest BCUT2D eigenvalue weighted by atomic mass is 10.1. The number of ether oxygens (including phenoxy) is 1. The van der Waals surface area contributed by atoms with Crippen molar-refractivity contribution in [1.82, 2.24) is 15.2 Å². The van der Waals surface area contributed by atoms with Crippen molar-refractivity contribution < 1.29 is 4.74 Å². The predicted octanol–water partition coefficient (Wildman–Crippen LogP) is 0.614. The first kappa shape index (κ1) is 10.4. The number of aromatic nitrogens is 3. The molecule has 5 nitrogen and oxygen atoms in total. The molecule has 1 aromatic rings. The molecule has 2 heterocycles. The monoisotopic (exact) mass is 208 g/mol. The molecular formula is C10H16N4O. The highest BCUT2D eigenvalue weighted by molar-refractivity contribution is 5.02. The van der Waals surface area contributed by atoms with Gasteiger partial charge in [0.2, 0.25) is 0 Å². The van der Waals surface area contributed by atoms with Crippen LogP contribution in [0.3, 0.4) is 0 Å². The van der Waals surface area contributed by atoms with Gasteiger partial charge in [-0.1, -0.05) is 0 Å². The number of nitrogens with two attached hydrogens (primary N) is 1. The van der Waals surface area contributed by atoms with Crippen LogP contribution in [0, 0.1) is 0 Å². The van der Waals surface area contributed by atoms with Crippen LogP contribution in [0.4, 0.5) is 0 Å². The maximum Gasteiger partial charge on any atom is 0.152 e. The molecule has 1 unspecified atom stereocenters. The molecule has 1 aliphatic heterocycles. The Morgan fingerprint density at radius 2 is 2.40 bits per heavy atom. The summed E-state index contributed by atoms with van der Waals surface area (Å²) in [5.41, 5.74) is 6.35. The van der Waals surface area contributed by atoms with E-state index in [1.807, 2.05) is 0 Å².